The number of hydrogen-bond acceptors (Lipinski definition) is 5. The second-order valence-corrected chi connectivity index (χ2v) is 5.96. The van der Waals surface area contributed by atoms with Crippen LogP contribution in [0.25, 0.3) is 11.5 Å². The van der Waals surface area contributed by atoms with E-state index in [-0.39, 0.29) is 5.91 Å². The molecule has 2 aromatic carbocycles. The number of nitrogens with zero attached hydrogens (tertiary/aromatic N) is 1. The van der Waals surface area contributed by atoms with Crippen molar-refractivity contribution in [3.8, 4) is 23.0 Å². The van der Waals surface area contributed by atoms with Crippen LogP contribution in [0.15, 0.2) is 52.9 Å². The van der Waals surface area contributed by atoms with E-state index in [0.29, 0.717) is 30.2 Å². The Morgan fingerprint density at radius 2 is 1.81 bits per heavy atom. The molecule has 0 fully saturated rings. The first kappa shape index (κ1) is 18.5. The highest BCUT2D eigenvalue weighted by atomic mass is 16.5. The molecule has 1 heterocycles. The second-order valence-electron chi connectivity index (χ2n) is 5.96. The average Bonchev–Trinajstić information content (AvgIpc) is 3.08. The second kappa shape index (κ2) is 8.40. The maximum absolute atomic E-state index is 12.3. The molecule has 0 aliphatic carbocycles. The molecular formula is C21H22N2O4. The van der Waals surface area contributed by atoms with Crippen LogP contribution in [0.4, 0.5) is 0 Å². The van der Waals surface area contributed by atoms with Crippen LogP contribution in [0, 0.1) is 6.92 Å². The van der Waals surface area contributed by atoms with Gasteiger partial charge in [-0.3, -0.25) is 4.79 Å². The number of aromatic nitrogens is 1. The van der Waals surface area contributed by atoms with Crippen molar-refractivity contribution in [3.63, 3.8) is 0 Å². The Morgan fingerprint density at radius 1 is 1.07 bits per heavy atom. The van der Waals surface area contributed by atoms with Gasteiger partial charge in [-0.1, -0.05) is 12.1 Å². The zero-order valence-electron chi connectivity index (χ0n) is 15.6. The molecule has 6 nitrogen and oxygen atoms in total. The molecule has 1 aromatic heterocycles. The Morgan fingerprint density at radius 3 is 2.52 bits per heavy atom. The van der Waals surface area contributed by atoms with E-state index in [0.717, 1.165) is 22.8 Å². The van der Waals surface area contributed by atoms with E-state index < -0.39 is 0 Å². The van der Waals surface area contributed by atoms with E-state index in [4.69, 9.17) is 13.9 Å². The van der Waals surface area contributed by atoms with Crippen molar-refractivity contribution < 1.29 is 18.7 Å². The van der Waals surface area contributed by atoms with Gasteiger partial charge in [-0.2, -0.15) is 0 Å². The molecule has 1 N–H and O–H groups in total. The number of carbonyl (C=O) groups excluding carboxylic acids is 1. The third-order valence-corrected chi connectivity index (χ3v) is 4.23. The van der Waals surface area contributed by atoms with Crippen molar-refractivity contribution in [2.45, 2.75) is 13.3 Å². The van der Waals surface area contributed by atoms with Crippen LogP contribution >= 0.6 is 0 Å². The molecule has 0 bridgehead atoms. The standard InChI is InChI=1S/C21H22N2O4/c1-14-18(23-21(27-14)15-8-10-16(25-2)11-9-15)12-13-22-20(24)17-6-4-5-7-19(17)26-3/h4-11H,12-13H2,1-3H3,(H,22,24). The molecule has 6 heteroatoms. The Hall–Kier alpha value is -3.28. The highest BCUT2D eigenvalue weighted by Crippen LogP contribution is 2.24. The summed E-state index contributed by atoms with van der Waals surface area (Å²) in [7, 11) is 3.17. The number of amides is 1. The molecule has 1 amide bonds. The number of carbonyl (C=O) groups is 1. The number of nitrogens with one attached hydrogen (secondary N) is 1. The number of aryl methyl sites for hydroxylation is 1. The van der Waals surface area contributed by atoms with Crippen molar-refractivity contribution >= 4 is 5.91 Å². The van der Waals surface area contributed by atoms with Crippen molar-refractivity contribution in [2.24, 2.45) is 0 Å². The largest absolute Gasteiger partial charge is 0.497 e. The minimum Gasteiger partial charge on any atom is -0.497 e. The monoisotopic (exact) mass is 366 g/mol. The van der Waals surface area contributed by atoms with E-state index >= 15 is 0 Å². The average molecular weight is 366 g/mol. The molecule has 0 saturated carbocycles. The zero-order valence-corrected chi connectivity index (χ0v) is 15.6. The summed E-state index contributed by atoms with van der Waals surface area (Å²) >= 11 is 0. The summed E-state index contributed by atoms with van der Waals surface area (Å²) in [5.74, 6) is 2.45. The molecule has 0 unspecified atom stereocenters. The predicted molar refractivity (Wildman–Crippen MR) is 102 cm³/mol. The maximum atomic E-state index is 12.3. The fourth-order valence-corrected chi connectivity index (χ4v) is 2.74. The summed E-state index contributed by atoms with van der Waals surface area (Å²) in [4.78, 5) is 16.9. The van der Waals surface area contributed by atoms with Gasteiger partial charge in [0.2, 0.25) is 5.89 Å². The van der Waals surface area contributed by atoms with Gasteiger partial charge in [0.15, 0.2) is 0 Å². The SMILES string of the molecule is COc1ccc(-c2nc(CCNC(=O)c3ccccc3OC)c(C)o2)cc1. The topological polar surface area (TPSA) is 73.6 Å². The summed E-state index contributed by atoms with van der Waals surface area (Å²) in [6.45, 7) is 2.32. The van der Waals surface area contributed by atoms with Crippen LogP contribution in [0.3, 0.4) is 0 Å². The summed E-state index contributed by atoms with van der Waals surface area (Å²) in [6, 6.07) is 14.7. The number of hydrogen-bond donors (Lipinski definition) is 1. The van der Waals surface area contributed by atoms with E-state index in [1.165, 1.54) is 0 Å². The Balaban J connectivity index is 1.63. The van der Waals surface area contributed by atoms with Gasteiger partial charge in [0.25, 0.3) is 5.91 Å². The smallest absolute Gasteiger partial charge is 0.255 e. The van der Waals surface area contributed by atoms with Crippen molar-refractivity contribution in [2.75, 3.05) is 20.8 Å². The van der Waals surface area contributed by atoms with Crippen LogP contribution < -0.4 is 14.8 Å². The van der Waals surface area contributed by atoms with Gasteiger partial charge in [-0.05, 0) is 43.3 Å². The predicted octanol–water partition coefficient (Wildman–Crippen LogP) is 3.64. The molecule has 3 aromatic rings. The van der Waals surface area contributed by atoms with E-state index in [1.807, 2.05) is 37.3 Å². The molecule has 0 atom stereocenters. The minimum atomic E-state index is -0.177. The molecule has 0 radical (unpaired) electrons. The lowest BCUT2D eigenvalue weighted by Crippen LogP contribution is -2.26. The molecule has 0 saturated heterocycles. The van der Waals surface area contributed by atoms with Gasteiger partial charge >= 0.3 is 0 Å². The highest BCUT2D eigenvalue weighted by Gasteiger charge is 2.14. The Kier molecular flexibility index (Phi) is 5.76. The molecule has 0 aliphatic heterocycles. The number of ether oxygens (including phenoxy) is 2. The van der Waals surface area contributed by atoms with E-state index in [2.05, 4.69) is 10.3 Å². The van der Waals surface area contributed by atoms with Gasteiger partial charge in [-0.25, -0.2) is 4.98 Å². The van der Waals surface area contributed by atoms with Crippen LogP contribution in [-0.4, -0.2) is 31.7 Å². The number of para-hydroxylation sites is 1. The van der Waals surface area contributed by atoms with Crippen molar-refractivity contribution in [3.05, 3.63) is 65.5 Å². The quantitative estimate of drug-likeness (QED) is 0.691. The van der Waals surface area contributed by atoms with Crippen LogP contribution in [0.1, 0.15) is 21.8 Å². The third kappa shape index (κ3) is 4.28. The van der Waals surface area contributed by atoms with Crippen LogP contribution in [0.5, 0.6) is 11.5 Å². The van der Waals surface area contributed by atoms with Gasteiger partial charge in [0, 0.05) is 18.5 Å². The summed E-state index contributed by atoms with van der Waals surface area (Å²) < 4.78 is 16.2. The summed E-state index contributed by atoms with van der Waals surface area (Å²) in [5, 5.41) is 2.90. The molecular weight excluding hydrogens is 344 g/mol. The summed E-state index contributed by atoms with van der Waals surface area (Å²) in [5.41, 5.74) is 2.21. The first-order chi connectivity index (χ1) is 13.1. The number of methoxy groups -OCH3 is 2. The summed E-state index contributed by atoms with van der Waals surface area (Å²) in [6.07, 6.45) is 0.576. The number of oxazole rings is 1. The van der Waals surface area contributed by atoms with Crippen molar-refractivity contribution in [1.29, 1.82) is 0 Å². The molecule has 3 rings (SSSR count). The van der Waals surface area contributed by atoms with Crippen LogP contribution in [0.2, 0.25) is 0 Å². The lowest BCUT2D eigenvalue weighted by atomic mass is 10.2. The zero-order chi connectivity index (χ0) is 19.2. The lowest BCUT2D eigenvalue weighted by Gasteiger charge is -2.08. The fraction of sp³-hybridized carbons (Fsp3) is 0.238. The van der Waals surface area contributed by atoms with Gasteiger partial charge in [0.05, 0.1) is 25.5 Å². The van der Waals surface area contributed by atoms with Crippen molar-refractivity contribution in [1.82, 2.24) is 10.3 Å². The highest BCUT2D eigenvalue weighted by molar-refractivity contribution is 5.96. The van der Waals surface area contributed by atoms with Crippen LogP contribution in [-0.2, 0) is 6.42 Å². The Bertz CT molecular complexity index is 916. The first-order valence-corrected chi connectivity index (χ1v) is 8.64. The van der Waals surface area contributed by atoms with E-state index in [9.17, 15) is 4.79 Å². The van der Waals surface area contributed by atoms with Gasteiger partial charge < -0.3 is 19.2 Å². The normalized spacial score (nSPS) is 10.5. The molecule has 27 heavy (non-hydrogen) atoms. The minimum absolute atomic E-state index is 0.177. The van der Waals surface area contributed by atoms with Gasteiger partial charge in [0.1, 0.15) is 17.3 Å². The van der Waals surface area contributed by atoms with E-state index in [1.54, 1.807) is 32.4 Å². The maximum Gasteiger partial charge on any atom is 0.255 e. The third-order valence-electron chi connectivity index (χ3n) is 4.23. The molecule has 0 spiro atoms. The number of benzene rings is 2. The lowest BCUT2D eigenvalue weighted by molar-refractivity contribution is 0.0951. The number of rotatable bonds is 7. The fourth-order valence-electron chi connectivity index (χ4n) is 2.74. The molecule has 0 aliphatic rings. The first-order valence-electron chi connectivity index (χ1n) is 8.64. The Labute approximate surface area is 158 Å². The molecule has 140 valence electrons. The van der Waals surface area contributed by atoms with Gasteiger partial charge in [-0.15, -0.1) is 0 Å².